The molecule has 0 spiro atoms. The summed E-state index contributed by atoms with van der Waals surface area (Å²) in [6.07, 6.45) is 3.13. The summed E-state index contributed by atoms with van der Waals surface area (Å²) in [5, 5.41) is 3.15. The Morgan fingerprint density at radius 2 is 1.96 bits per heavy atom. The van der Waals surface area contributed by atoms with Crippen LogP contribution in [-0.2, 0) is 27.0 Å². The van der Waals surface area contributed by atoms with Crippen molar-refractivity contribution >= 4 is 27.7 Å². The van der Waals surface area contributed by atoms with E-state index in [0.717, 1.165) is 24.8 Å². The molecule has 1 atom stereocenters. The molecule has 0 heterocycles. The summed E-state index contributed by atoms with van der Waals surface area (Å²) < 4.78 is 25.7. The number of aryl methyl sites for hydroxylation is 1. The van der Waals surface area contributed by atoms with Crippen molar-refractivity contribution in [2.24, 2.45) is 0 Å². The highest BCUT2D eigenvalue weighted by molar-refractivity contribution is 7.99. The Bertz CT molecular complexity index is 942. The molecule has 1 amide bonds. The number of hydrogen-bond donors (Lipinski definition) is 1. The van der Waals surface area contributed by atoms with Gasteiger partial charge in [0.05, 0.1) is 16.7 Å². The molecule has 0 saturated heterocycles. The summed E-state index contributed by atoms with van der Waals surface area (Å²) in [6.45, 7) is 0. The van der Waals surface area contributed by atoms with Gasteiger partial charge in [-0.1, -0.05) is 36.4 Å². The molecule has 1 aliphatic rings. The van der Waals surface area contributed by atoms with Crippen LogP contribution in [0, 0.1) is 0 Å². The van der Waals surface area contributed by atoms with Crippen LogP contribution in [0.3, 0.4) is 0 Å². The lowest BCUT2D eigenvalue weighted by molar-refractivity contribution is -0.119. The van der Waals surface area contributed by atoms with Crippen molar-refractivity contribution in [2.75, 3.05) is 19.8 Å². The van der Waals surface area contributed by atoms with Crippen LogP contribution in [0.15, 0.2) is 53.4 Å². The molecule has 3 rings (SSSR count). The average Bonchev–Trinajstić information content (AvgIpc) is 2.68. The van der Waals surface area contributed by atoms with Crippen LogP contribution in [0.2, 0.25) is 0 Å². The monoisotopic (exact) mass is 418 g/mol. The molecule has 1 unspecified atom stereocenters. The molecule has 0 aliphatic heterocycles. The van der Waals surface area contributed by atoms with Gasteiger partial charge in [0.15, 0.2) is 0 Å². The van der Waals surface area contributed by atoms with E-state index in [4.69, 9.17) is 0 Å². The van der Waals surface area contributed by atoms with Gasteiger partial charge in [0.2, 0.25) is 15.9 Å². The Morgan fingerprint density at radius 3 is 2.75 bits per heavy atom. The molecule has 1 N–H and O–H groups in total. The Morgan fingerprint density at radius 1 is 1.18 bits per heavy atom. The first-order valence-corrected chi connectivity index (χ1v) is 11.9. The number of hydrogen-bond acceptors (Lipinski definition) is 4. The van der Waals surface area contributed by atoms with E-state index in [1.54, 1.807) is 18.2 Å². The van der Waals surface area contributed by atoms with Gasteiger partial charge in [-0.2, -0.15) is 0 Å². The third-order valence-corrected chi connectivity index (χ3v) is 7.70. The summed E-state index contributed by atoms with van der Waals surface area (Å²) >= 11 is 1.49. The maximum atomic E-state index is 12.4. The minimum Gasteiger partial charge on any atom is -0.349 e. The molecule has 28 heavy (non-hydrogen) atoms. The van der Waals surface area contributed by atoms with Crippen LogP contribution >= 0.6 is 11.8 Å². The largest absolute Gasteiger partial charge is 0.349 e. The highest BCUT2D eigenvalue weighted by Crippen LogP contribution is 2.29. The predicted molar refractivity (Wildman–Crippen MR) is 114 cm³/mol. The van der Waals surface area contributed by atoms with Crippen LogP contribution in [0.5, 0.6) is 0 Å². The topological polar surface area (TPSA) is 66.5 Å². The summed E-state index contributed by atoms with van der Waals surface area (Å²) in [5.41, 5.74) is 3.45. The number of sulfonamides is 1. The van der Waals surface area contributed by atoms with Gasteiger partial charge in [0, 0.05) is 19.8 Å². The molecule has 0 fully saturated rings. The van der Waals surface area contributed by atoms with E-state index in [1.165, 1.54) is 41.3 Å². The Kier molecular flexibility index (Phi) is 6.80. The standard InChI is InChI=1S/C21H26N2O3S2/c1-23(2)28(25,26)18-10-5-7-16(13-18)14-27-15-21(24)22-20-12-6-9-17-8-3-4-11-19(17)20/h3-5,7-8,10-11,13,20H,6,9,12,14-15H2,1-2H3,(H,22,24). The van der Waals surface area contributed by atoms with E-state index >= 15 is 0 Å². The highest BCUT2D eigenvalue weighted by Gasteiger charge is 2.21. The Balaban J connectivity index is 1.54. The molecule has 2 aromatic rings. The normalized spacial score (nSPS) is 16.6. The number of thioether (sulfide) groups is 1. The molecule has 150 valence electrons. The smallest absolute Gasteiger partial charge is 0.242 e. The Hall–Kier alpha value is -1.83. The second-order valence-corrected chi connectivity index (χ2v) is 10.3. The number of amides is 1. The molecule has 0 bridgehead atoms. The van der Waals surface area contributed by atoms with E-state index in [-0.39, 0.29) is 16.8 Å². The van der Waals surface area contributed by atoms with Gasteiger partial charge in [0.25, 0.3) is 0 Å². The zero-order valence-corrected chi connectivity index (χ0v) is 17.9. The number of fused-ring (bicyclic) bond motifs is 1. The SMILES string of the molecule is CN(C)S(=O)(=O)c1cccc(CSCC(=O)NC2CCCc3ccccc32)c1. The molecule has 1 aliphatic carbocycles. The molecular weight excluding hydrogens is 392 g/mol. The van der Waals surface area contributed by atoms with Gasteiger partial charge in [-0.25, -0.2) is 12.7 Å². The van der Waals surface area contributed by atoms with Crippen LogP contribution in [0.25, 0.3) is 0 Å². The lowest BCUT2D eigenvalue weighted by Gasteiger charge is -2.26. The third kappa shape index (κ3) is 4.96. The van der Waals surface area contributed by atoms with Crippen LogP contribution in [-0.4, -0.2) is 38.5 Å². The van der Waals surface area contributed by atoms with E-state index < -0.39 is 10.0 Å². The number of rotatable bonds is 7. The number of nitrogens with zero attached hydrogens (tertiary/aromatic N) is 1. The fourth-order valence-corrected chi connectivity index (χ4v) is 5.17. The minimum atomic E-state index is -3.44. The first-order valence-electron chi connectivity index (χ1n) is 9.34. The van der Waals surface area contributed by atoms with E-state index in [2.05, 4.69) is 17.4 Å². The lowest BCUT2D eigenvalue weighted by atomic mass is 9.88. The fourth-order valence-electron chi connectivity index (χ4n) is 3.41. The van der Waals surface area contributed by atoms with E-state index in [0.29, 0.717) is 11.5 Å². The minimum absolute atomic E-state index is 0.0174. The van der Waals surface area contributed by atoms with Crippen molar-refractivity contribution in [1.82, 2.24) is 9.62 Å². The van der Waals surface area contributed by atoms with Crippen LogP contribution in [0.1, 0.15) is 35.6 Å². The number of nitrogens with one attached hydrogen (secondary N) is 1. The number of benzene rings is 2. The zero-order valence-electron chi connectivity index (χ0n) is 16.2. The van der Waals surface area contributed by atoms with Crippen molar-refractivity contribution < 1.29 is 13.2 Å². The Labute approximate surface area is 171 Å². The van der Waals surface area contributed by atoms with E-state index in [9.17, 15) is 13.2 Å². The maximum absolute atomic E-state index is 12.4. The predicted octanol–water partition coefficient (Wildman–Crippen LogP) is 3.36. The lowest BCUT2D eigenvalue weighted by Crippen LogP contribution is -2.32. The summed E-state index contributed by atoms with van der Waals surface area (Å²) in [5.74, 6) is 0.957. The van der Waals surface area contributed by atoms with Gasteiger partial charge in [-0.05, 0) is 48.1 Å². The van der Waals surface area contributed by atoms with Gasteiger partial charge in [-0.3, -0.25) is 4.79 Å². The van der Waals surface area contributed by atoms with Crippen LogP contribution in [0.4, 0.5) is 0 Å². The van der Waals surface area contributed by atoms with Crippen molar-refractivity contribution in [3.05, 3.63) is 65.2 Å². The second-order valence-electron chi connectivity index (χ2n) is 7.14. The molecule has 5 nitrogen and oxygen atoms in total. The van der Waals surface area contributed by atoms with E-state index in [1.807, 2.05) is 18.2 Å². The van der Waals surface area contributed by atoms with Gasteiger partial charge in [0.1, 0.15) is 0 Å². The van der Waals surface area contributed by atoms with Crippen molar-refractivity contribution in [2.45, 2.75) is 36.0 Å². The summed E-state index contributed by atoms with van der Waals surface area (Å²) in [4.78, 5) is 12.7. The van der Waals surface area contributed by atoms with Crippen LogP contribution < -0.4 is 5.32 Å². The number of carbonyl (C=O) groups excluding carboxylic acids is 1. The molecule has 0 aromatic heterocycles. The summed E-state index contributed by atoms with van der Waals surface area (Å²) in [7, 11) is -0.407. The fraction of sp³-hybridized carbons (Fsp3) is 0.381. The van der Waals surface area contributed by atoms with Crippen molar-refractivity contribution in [3.63, 3.8) is 0 Å². The molecule has 0 saturated carbocycles. The molecule has 0 radical (unpaired) electrons. The quantitative estimate of drug-likeness (QED) is 0.749. The maximum Gasteiger partial charge on any atom is 0.242 e. The molecule has 2 aromatic carbocycles. The average molecular weight is 419 g/mol. The summed E-state index contributed by atoms with van der Waals surface area (Å²) in [6, 6.07) is 15.3. The third-order valence-electron chi connectivity index (χ3n) is 4.88. The molecular formula is C21H26N2O3S2. The first-order chi connectivity index (χ1) is 13.4. The van der Waals surface area contributed by atoms with Gasteiger partial charge < -0.3 is 5.32 Å². The van der Waals surface area contributed by atoms with Gasteiger partial charge in [-0.15, -0.1) is 11.8 Å². The first kappa shape index (κ1) is 20.9. The van der Waals surface area contributed by atoms with Crippen molar-refractivity contribution in [3.8, 4) is 0 Å². The zero-order chi connectivity index (χ0) is 20.1. The highest BCUT2D eigenvalue weighted by atomic mass is 32.2. The van der Waals surface area contributed by atoms with Crippen molar-refractivity contribution in [1.29, 1.82) is 0 Å². The molecule has 7 heteroatoms. The second kappa shape index (κ2) is 9.11. The van der Waals surface area contributed by atoms with Gasteiger partial charge >= 0.3 is 0 Å². The number of carbonyl (C=O) groups is 1.